The molecule has 0 aliphatic heterocycles. The Morgan fingerprint density at radius 2 is 2.12 bits per heavy atom. The van der Waals surface area contributed by atoms with E-state index in [1.54, 1.807) is 0 Å². The number of hydrogen-bond donors (Lipinski definition) is 1. The summed E-state index contributed by atoms with van der Waals surface area (Å²) in [4.78, 5) is 0. The molecule has 0 saturated heterocycles. The van der Waals surface area contributed by atoms with Gasteiger partial charge in [-0.3, -0.25) is 0 Å². The van der Waals surface area contributed by atoms with Crippen LogP contribution in [0.3, 0.4) is 0 Å². The van der Waals surface area contributed by atoms with E-state index in [1.165, 1.54) is 6.08 Å². The lowest BCUT2D eigenvalue weighted by atomic mass is 10.4. The highest BCUT2D eigenvalue weighted by Crippen LogP contribution is 1.93. The maximum absolute atomic E-state index is 11.2. The molecule has 48 valence electrons. The van der Waals surface area contributed by atoms with Crippen LogP contribution in [0.4, 0.5) is 8.78 Å². The van der Waals surface area contributed by atoms with Gasteiger partial charge in [-0.25, -0.2) is 8.78 Å². The van der Waals surface area contributed by atoms with Crippen molar-refractivity contribution >= 4 is 0 Å². The summed E-state index contributed by atoms with van der Waals surface area (Å²) < 4.78 is 22.4. The summed E-state index contributed by atoms with van der Waals surface area (Å²) in [6.45, 7) is -0.0663. The maximum atomic E-state index is 11.2. The van der Waals surface area contributed by atoms with Gasteiger partial charge in [-0.2, -0.15) is 0 Å². The van der Waals surface area contributed by atoms with E-state index < -0.39 is 6.43 Å². The molecule has 0 aliphatic rings. The fraction of sp³-hybridized carbons (Fsp3) is 0.600. The number of halogens is 2. The highest BCUT2D eigenvalue weighted by molar-refractivity contribution is 4.83. The van der Waals surface area contributed by atoms with Crippen molar-refractivity contribution in [1.29, 1.82) is 0 Å². The second kappa shape index (κ2) is 4.71. The normalized spacial score (nSPS) is 11.5. The van der Waals surface area contributed by atoms with Crippen molar-refractivity contribution in [2.45, 2.75) is 12.8 Å². The summed E-state index contributed by atoms with van der Waals surface area (Å²) in [5.41, 5.74) is 0. The average molecular weight is 122 g/mol. The minimum Gasteiger partial charge on any atom is -0.396 e. The highest BCUT2D eigenvalue weighted by atomic mass is 19.3. The van der Waals surface area contributed by atoms with Crippen molar-refractivity contribution in [3.63, 3.8) is 0 Å². The molecule has 0 atom stereocenters. The van der Waals surface area contributed by atoms with Crippen LogP contribution in [0.15, 0.2) is 12.2 Å². The summed E-state index contributed by atoms with van der Waals surface area (Å²) in [6.07, 6.45) is -0.0628. The van der Waals surface area contributed by atoms with Crippen molar-refractivity contribution in [3.05, 3.63) is 12.2 Å². The molecule has 8 heavy (non-hydrogen) atoms. The number of alkyl halides is 2. The third-order valence-electron chi connectivity index (χ3n) is 0.577. The lowest BCUT2D eigenvalue weighted by molar-refractivity contribution is 0.203. The molecule has 0 aromatic rings. The Balaban J connectivity index is 3.07. The van der Waals surface area contributed by atoms with Gasteiger partial charge in [0.25, 0.3) is 6.43 Å². The molecule has 0 rings (SSSR count). The maximum Gasteiger partial charge on any atom is 0.257 e. The lowest BCUT2D eigenvalue weighted by Crippen LogP contribution is -1.81. The fourth-order valence-corrected chi connectivity index (χ4v) is 0.274. The smallest absolute Gasteiger partial charge is 0.257 e. The van der Waals surface area contributed by atoms with E-state index in [9.17, 15) is 8.78 Å². The van der Waals surface area contributed by atoms with Gasteiger partial charge in [0.2, 0.25) is 0 Å². The van der Waals surface area contributed by atoms with Crippen LogP contribution in [-0.4, -0.2) is 18.1 Å². The van der Waals surface area contributed by atoms with Crippen LogP contribution < -0.4 is 0 Å². The minimum atomic E-state index is -2.39. The second-order valence-corrected chi connectivity index (χ2v) is 1.27. The number of hydrogen-bond acceptors (Lipinski definition) is 1. The molecular weight excluding hydrogens is 114 g/mol. The molecule has 0 aromatic heterocycles. The fourth-order valence-electron chi connectivity index (χ4n) is 0.274. The summed E-state index contributed by atoms with van der Waals surface area (Å²) >= 11 is 0. The summed E-state index contributed by atoms with van der Waals surface area (Å²) in [7, 11) is 0. The molecule has 1 N–H and O–H groups in total. The predicted molar refractivity (Wildman–Crippen MR) is 26.8 cm³/mol. The third-order valence-corrected chi connectivity index (χ3v) is 0.577. The zero-order valence-electron chi connectivity index (χ0n) is 4.35. The van der Waals surface area contributed by atoms with Crippen molar-refractivity contribution in [1.82, 2.24) is 0 Å². The zero-order valence-corrected chi connectivity index (χ0v) is 4.35. The molecule has 0 spiro atoms. The Hall–Kier alpha value is -0.440. The zero-order chi connectivity index (χ0) is 6.41. The van der Waals surface area contributed by atoms with Gasteiger partial charge in [0, 0.05) is 6.61 Å². The van der Waals surface area contributed by atoms with E-state index in [-0.39, 0.29) is 6.61 Å². The van der Waals surface area contributed by atoms with Crippen molar-refractivity contribution in [2.24, 2.45) is 0 Å². The van der Waals surface area contributed by atoms with Crippen molar-refractivity contribution < 1.29 is 13.9 Å². The van der Waals surface area contributed by atoms with E-state index in [4.69, 9.17) is 5.11 Å². The summed E-state index contributed by atoms with van der Waals surface area (Å²) in [5.74, 6) is 0. The Bertz CT molecular complexity index is 70.8. The van der Waals surface area contributed by atoms with Crippen LogP contribution in [0.2, 0.25) is 0 Å². The third kappa shape index (κ3) is 5.56. The topological polar surface area (TPSA) is 20.2 Å². The van der Waals surface area contributed by atoms with E-state index >= 15 is 0 Å². The van der Waals surface area contributed by atoms with Gasteiger partial charge in [-0.05, 0) is 12.5 Å². The molecule has 0 fully saturated rings. The van der Waals surface area contributed by atoms with Gasteiger partial charge in [0.05, 0.1) is 0 Å². The first-order chi connectivity index (χ1) is 3.77. The van der Waals surface area contributed by atoms with Crippen LogP contribution in [-0.2, 0) is 0 Å². The largest absolute Gasteiger partial charge is 0.396 e. The van der Waals surface area contributed by atoms with E-state index in [0.717, 1.165) is 6.08 Å². The summed E-state index contributed by atoms with van der Waals surface area (Å²) in [5, 5.41) is 8.08. The van der Waals surface area contributed by atoms with E-state index in [1.807, 2.05) is 0 Å². The highest BCUT2D eigenvalue weighted by Gasteiger charge is 1.89. The molecule has 1 nitrogen and oxygen atoms in total. The Kier molecular flexibility index (Phi) is 4.45. The standard InChI is InChI=1S/C5H8F2O/c6-5(7)3-1-2-4-8/h1,3,5,8H,2,4H2. The first-order valence-corrected chi connectivity index (χ1v) is 2.33. The van der Waals surface area contributed by atoms with Crippen LogP contribution >= 0.6 is 0 Å². The van der Waals surface area contributed by atoms with Gasteiger partial charge in [0.15, 0.2) is 0 Å². The predicted octanol–water partition coefficient (Wildman–Crippen LogP) is 1.19. The van der Waals surface area contributed by atoms with Gasteiger partial charge in [-0.1, -0.05) is 6.08 Å². The first-order valence-electron chi connectivity index (χ1n) is 2.33. The van der Waals surface area contributed by atoms with Crippen LogP contribution in [0.25, 0.3) is 0 Å². The van der Waals surface area contributed by atoms with E-state index in [0.29, 0.717) is 6.42 Å². The van der Waals surface area contributed by atoms with Crippen molar-refractivity contribution in [3.8, 4) is 0 Å². The van der Waals surface area contributed by atoms with Crippen molar-refractivity contribution in [2.75, 3.05) is 6.61 Å². The Morgan fingerprint density at radius 1 is 1.50 bits per heavy atom. The average Bonchev–Trinajstić information content (AvgIpc) is 1.66. The van der Waals surface area contributed by atoms with Crippen LogP contribution in [0, 0.1) is 0 Å². The monoisotopic (exact) mass is 122 g/mol. The van der Waals surface area contributed by atoms with Gasteiger partial charge in [-0.15, -0.1) is 0 Å². The Labute approximate surface area is 46.6 Å². The number of aliphatic hydroxyl groups excluding tert-OH is 1. The molecule has 0 heterocycles. The minimum absolute atomic E-state index is 0.0663. The quantitative estimate of drug-likeness (QED) is 0.557. The molecule has 0 saturated carbocycles. The molecular formula is C5H8F2O. The molecule has 0 radical (unpaired) electrons. The molecule has 0 aromatic carbocycles. The lowest BCUT2D eigenvalue weighted by Gasteiger charge is -1.84. The van der Waals surface area contributed by atoms with Gasteiger partial charge in [0.1, 0.15) is 0 Å². The number of rotatable bonds is 3. The molecule has 0 amide bonds. The molecule has 0 aliphatic carbocycles. The number of aliphatic hydroxyl groups is 1. The van der Waals surface area contributed by atoms with Crippen LogP contribution in [0.5, 0.6) is 0 Å². The SMILES string of the molecule is OCCC=CC(F)F. The first kappa shape index (κ1) is 7.56. The van der Waals surface area contributed by atoms with Gasteiger partial charge < -0.3 is 5.11 Å². The van der Waals surface area contributed by atoms with Gasteiger partial charge >= 0.3 is 0 Å². The number of allylic oxidation sites excluding steroid dienone is 1. The Morgan fingerprint density at radius 3 is 2.50 bits per heavy atom. The molecule has 0 bridgehead atoms. The summed E-state index contributed by atoms with van der Waals surface area (Å²) in [6, 6.07) is 0. The molecule has 0 unspecified atom stereocenters. The van der Waals surface area contributed by atoms with E-state index in [2.05, 4.69) is 0 Å². The molecule has 3 heteroatoms. The van der Waals surface area contributed by atoms with Crippen LogP contribution in [0.1, 0.15) is 6.42 Å². The second-order valence-electron chi connectivity index (χ2n) is 1.27.